The number of benzene rings is 2. The van der Waals surface area contributed by atoms with Crippen LogP contribution in [0.4, 0.5) is 13.2 Å². The summed E-state index contributed by atoms with van der Waals surface area (Å²) in [5.41, 5.74) is 1.69. The van der Waals surface area contributed by atoms with Crippen molar-refractivity contribution in [1.82, 2.24) is 4.90 Å². The van der Waals surface area contributed by atoms with Gasteiger partial charge in [0.15, 0.2) is 6.23 Å². The van der Waals surface area contributed by atoms with E-state index in [-0.39, 0.29) is 12.0 Å². The SMILES string of the molecule is CC(O)CC(Oc1ccccc1CCc1cccc(OC(F)(F)F)c1)N(C)C. The highest BCUT2D eigenvalue weighted by atomic mass is 19.4. The third kappa shape index (κ3) is 7.40. The predicted octanol–water partition coefficient (Wildman–Crippen LogP) is 4.41. The molecule has 154 valence electrons. The minimum atomic E-state index is -4.70. The van der Waals surface area contributed by atoms with Gasteiger partial charge in [0.25, 0.3) is 0 Å². The second-order valence-electron chi connectivity index (χ2n) is 6.92. The van der Waals surface area contributed by atoms with Gasteiger partial charge in [-0.15, -0.1) is 13.2 Å². The number of hydrogen-bond donors (Lipinski definition) is 1. The number of hydrogen-bond acceptors (Lipinski definition) is 4. The van der Waals surface area contributed by atoms with E-state index in [4.69, 9.17) is 4.74 Å². The lowest BCUT2D eigenvalue weighted by atomic mass is 10.0. The van der Waals surface area contributed by atoms with E-state index in [9.17, 15) is 18.3 Å². The molecular weight excluding hydrogens is 371 g/mol. The van der Waals surface area contributed by atoms with E-state index in [0.717, 1.165) is 11.1 Å². The standard InChI is InChI=1S/C21H26F3NO3/c1-15(26)13-20(25(2)3)27-19-10-5-4-8-17(19)12-11-16-7-6-9-18(14-16)28-21(22,23)24/h4-10,14-15,20,26H,11-13H2,1-3H3. The first-order chi connectivity index (χ1) is 13.1. The summed E-state index contributed by atoms with van der Waals surface area (Å²) in [4.78, 5) is 1.89. The number of aliphatic hydroxyl groups excluding tert-OH is 1. The maximum atomic E-state index is 12.4. The lowest BCUT2D eigenvalue weighted by Gasteiger charge is -2.27. The Morgan fingerprint density at radius 1 is 1.04 bits per heavy atom. The molecule has 4 nitrogen and oxygen atoms in total. The summed E-state index contributed by atoms with van der Waals surface area (Å²) >= 11 is 0. The first kappa shape index (κ1) is 22.0. The van der Waals surface area contributed by atoms with Crippen molar-refractivity contribution in [2.24, 2.45) is 0 Å². The topological polar surface area (TPSA) is 41.9 Å². The molecule has 0 bridgehead atoms. The molecule has 2 atom stereocenters. The van der Waals surface area contributed by atoms with E-state index in [1.54, 1.807) is 19.1 Å². The van der Waals surface area contributed by atoms with Crippen molar-refractivity contribution < 1.29 is 27.8 Å². The maximum absolute atomic E-state index is 12.4. The van der Waals surface area contributed by atoms with Crippen LogP contribution in [0, 0.1) is 0 Å². The number of halogens is 3. The highest BCUT2D eigenvalue weighted by Crippen LogP contribution is 2.26. The normalized spacial score (nSPS) is 14.0. The first-order valence-electron chi connectivity index (χ1n) is 9.08. The molecule has 0 heterocycles. The van der Waals surface area contributed by atoms with Crippen LogP contribution in [0.5, 0.6) is 11.5 Å². The number of para-hydroxylation sites is 1. The molecule has 0 aliphatic carbocycles. The van der Waals surface area contributed by atoms with Gasteiger partial charge in [0, 0.05) is 6.42 Å². The quantitative estimate of drug-likeness (QED) is 0.637. The maximum Gasteiger partial charge on any atom is 0.573 e. The van der Waals surface area contributed by atoms with E-state index in [1.807, 2.05) is 43.3 Å². The molecular formula is C21H26F3NO3. The van der Waals surface area contributed by atoms with Gasteiger partial charge in [-0.05, 0) is 63.2 Å². The van der Waals surface area contributed by atoms with E-state index >= 15 is 0 Å². The number of ether oxygens (including phenoxy) is 2. The van der Waals surface area contributed by atoms with Gasteiger partial charge in [-0.1, -0.05) is 30.3 Å². The fourth-order valence-corrected chi connectivity index (χ4v) is 2.81. The summed E-state index contributed by atoms with van der Waals surface area (Å²) in [6.45, 7) is 1.71. The molecule has 28 heavy (non-hydrogen) atoms. The van der Waals surface area contributed by atoms with Crippen molar-refractivity contribution in [2.75, 3.05) is 14.1 Å². The summed E-state index contributed by atoms with van der Waals surface area (Å²) in [7, 11) is 3.75. The number of nitrogens with zero attached hydrogens (tertiary/aromatic N) is 1. The van der Waals surface area contributed by atoms with Gasteiger partial charge in [-0.2, -0.15) is 0 Å². The Balaban J connectivity index is 2.08. The predicted molar refractivity (Wildman–Crippen MR) is 101 cm³/mol. The van der Waals surface area contributed by atoms with Crippen molar-refractivity contribution in [3.63, 3.8) is 0 Å². The Morgan fingerprint density at radius 2 is 1.75 bits per heavy atom. The molecule has 0 spiro atoms. The molecule has 0 aliphatic heterocycles. The van der Waals surface area contributed by atoms with Gasteiger partial charge < -0.3 is 14.6 Å². The van der Waals surface area contributed by atoms with Crippen LogP contribution in [-0.4, -0.2) is 42.8 Å². The summed E-state index contributed by atoms with van der Waals surface area (Å²) in [5.74, 6) is 0.476. The van der Waals surface area contributed by atoms with Gasteiger partial charge in [-0.3, -0.25) is 4.90 Å². The van der Waals surface area contributed by atoms with Crippen LogP contribution >= 0.6 is 0 Å². The van der Waals surface area contributed by atoms with Crippen LogP contribution in [0.15, 0.2) is 48.5 Å². The molecule has 2 aromatic rings. The number of alkyl halides is 3. The Hall–Kier alpha value is -2.25. The lowest BCUT2D eigenvalue weighted by molar-refractivity contribution is -0.274. The van der Waals surface area contributed by atoms with E-state index < -0.39 is 12.5 Å². The first-order valence-corrected chi connectivity index (χ1v) is 9.08. The molecule has 0 saturated carbocycles. The minimum absolute atomic E-state index is 0.223. The summed E-state index contributed by atoms with van der Waals surface area (Å²) in [6, 6.07) is 13.5. The molecule has 0 aromatic heterocycles. The Bertz CT molecular complexity index is 748. The highest BCUT2D eigenvalue weighted by Gasteiger charge is 2.31. The second kappa shape index (κ2) is 9.80. The molecule has 2 rings (SSSR count). The van der Waals surface area contributed by atoms with Gasteiger partial charge in [0.1, 0.15) is 11.5 Å². The minimum Gasteiger partial charge on any atom is -0.475 e. The van der Waals surface area contributed by atoms with E-state index in [2.05, 4.69) is 4.74 Å². The van der Waals surface area contributed by atoms with Gasteiger partial charge in [0.2, 0.25) is 0 Å². The summed E-state index contributed by atoms with van der Waals surface area (Å²) in [5, 5.41) is 9.68. The molecule has 2 aromatic carbocycles. The molecule has 0 saturated heterocycles. The zero-order valence-electron chi connectivity index (χ0n) is 16.2. The van der Waals surface area contributed by atoms with Gasteiger partial charge >= 0.3 is 6.36 Å². The van der Waals surface area contributed by atoms with Crippen molar-refractivity contribution in [1.29, 1.82) is 0 Å². The number of rotatable bonds is 9. The van der Waals surface area contributed by atoms with Crippen LogP contribution in [0.25, 0.3) is 0 Å². The van der Waals surface area contributed by atoms with Crippen LogP contribution in [-0.2, 0) is 12.8 Å². The van der Waals surface area contributed by atoms with Crippen LogP contribution in [0.3, 0.4) is 0 Å². The van der Waals surface area contributed by atoms with Crippen molar-refractivity contribution in [3.05, 3.63) is 59.7 Å². The van der Waals surface area contributed by atoms with Crippen LogP contribution < -0.4 is 9.47 Å². The number of aryl methyl sites for hydroxylation is 2. The average molecular weight is 397 g/mol. The van der Waals surface area contributed by atoms with Crippen molar-refractivity contribution in [2.45, 2.75) is 44.9 Å². The highest BCUT2D eigenvalue weighted by molar-refractivity contribution is 5.35. The zero-order valence-corrected chi connectivity index (χ0v) is 16.2. The molecule has 0 amide bonds. The zero-order chi connectivity index (χ0) is 20.7. The Kier molecular flexibility index (Phi) is 7.71. The monoisotopic (exact) mass is 397 g/mol. The molecule has 2 unspecified atom stereocenters. The largest absolute Gasteiger partial charge is 0.573 e. The smallest absolute Gasteiger partial charge is 0.475 e. The lowest BCUT2D eigenvalue weighted by Crippen LogP contribution is -2.36. The molecule has 0 radical (unpaired) electrons. The second-order valence-corrected chi connectivity index (χ2v) is 6.92. The summed E-state index contributed by atoms with van der Waals surface area (Å²) in [6.07, 6.45) is -3.90. The van der Waals surface area contributed by atoms with Gasteiger partial charge in [-0.25, -0.2) is 0 Å². The molecule has 0 aliphatic rings. The molecule has 7 heteroatoms. The number of aliphatic hydroxyl groups is 1. The van der Waals surface area contributed by atoms with Crippen LogP contribution in [0.2, 0.25) is 0 Å². The molecule has 1 N–H and O–H groups in total. The fraction of sp³-hybridized carbons (Fsp3) is 0.429. The van der Waals surface area contributed by atoms with Crippen molar-refractivity contribution >= 4 is 0 Å². The fourth-order valence-electron chi connectivity index (χ4n) is 2.81. The van der Waals surface area contributed by atoms with E-state index in [0.29, 0.717) is 25.0 Å². The Morgan fingerprint density at radius 3 is 2.39 bits per heavy atom. The molecule has 0 fully saturated rings. The summed E-state index contributed by atoms with van der Waals surface area (Å²) < 4.78 is 47.2. The third-order valence-electron chi connectivity index (χ3n) is 4.17. The average Bonchev–Trinajstić information content (AvgIpc) is 2.59. The van der Waals surface area contributed by atoms with E-state index in [1.165, 1.54) is 12.1 Å². The Labute approximate surface area is 163 Å². The van der Waals surface area contributed by atoms with Crippen molar-refractivity contribution in [3.8, 4) is 11.5 Å². The third-order valence-corrected chi connectivity index (χ3v) is 4.17. The van der Waals surface area contributed by atoms with Crippen LogP contribution in [0.1, 0.15) is 24.5 Å². The van der Waals surface area contributed by atoms with Gasteiger partial charge in [0.05, 0.1) is 6.10 Å².